The number of benzene rings is 1. The summed E-state index contributed by atoms with van der Waals surface area (Å²) in [6.45, 7) is 4.25. The van der Waals surface area contributed by atoms with Crippen molar-refractivity contribution in [1.29, 1.82) is 0 Å². The summed E-state index contributed by atoms with van der Waals surface area (Å²) in [5.74, 6) is 0. The molecule has 0 fully saturated rings. The van der Waals surface area contributed by atoms with Crippen molar-refractivity contribution in [3.05, 3.63) is 47.3 Å². The molecule has 2 rings (SSSR count). The first-order chi connectivity index (χ1) is 8.38. The molecule has 0 aliphatic carbocycles. The first-order valence-corrected chi connectivity index (χ1v) is 7.59. The van der Waals surface area contributed by atoms with E-state index in [1.807, 2.05) is 11.8 Å². The average Bonchev–Trinajstić information content (AvgIpc) is 2.85. The third-order valence-electron chi connectivity index (χ3n) is 2.39. The van der Waals surface area contributed by atoms with Gasteiger partial charge in [0.15, 0.2) is 0 Å². The summed E-state index contributed by atoms with van der Waals surface area (Å²) in [6.07, 6.45) is 1.19. The summed E-state index contributed by atoms with van der Waals surface area (Å²) < 4.78 is 1.35. The molecule has 0 aliphatic rings. The van der Waals surface area contributed by atoms with E-state index in [1.165, 1.54) is 21.1 Å². The van der Waals surface area contributed by atoms with Crippen LogP contribution in [0.4, 0.5) is 0 Å². The quantitative estimate of drug-likeness (QED) is 0.775. The van der Waals surface area contributed by atoms with Crippen molar-refractivity contribution >= 4 is 23.1 Å². The Bertz CT molecular complexity index is 420. The third kappa shape index (κ3) is 4.19. The molecular formula is C14H17NS2. The maximum absolute atomic E-state index is 3.41. The zero-order chi connectivity index (χ0) is 11.9. The van der Waals surface area contributed by atoms with Crippen LogP contribution in [0, 0.1) is 0 Å². The molecule has 2 aromatic rings. The minimum atomic E-state index is 0.970. The summed E-state index contributed by atoms with van der Waals surface area (Å²) in [5.41, 5.74) is 1.36. The van der Waals surface area contributed by atoms with Crippen molar-refractivity contribution < 1.29 is 0 Å². The van der Waals surface area contributed by atoms with Gasteiger partial charge in [-0.1, -0.05) is 36.9 Å². The Morgan fingerprint density at radius 2 is 2.00 bits per heavy atom. The number of nitrogens with one attached hydrogen (secondary N) is 1. The van der Waals surface area contributed by atoms with Gasteiger partial charge in [-0.2, -0.15) is 0 Å². The predicted molar refractivity (Wildman–Crippen MR) is 76.9 cm³/mol. The highest BCUT2D eigenvalue weighted by Gasteiger charge is 1.98. The van der Waals surface area contributed by atoms with Crippen LogP contribution in [0.1, 0.15) is 18.9 Å². The molecule has 3 heteroatoms. The molecular weight excluding hydrogens is 246 g/mol. The van der Waals surface area contributed by atoms with E-state index in [0.29, 0.717) is 0 Å². The van der Waals surface area contributed by atoms with Crippen molar-refractivity contribution in [1.82, 2.24) is 5.32 Å². The van der Waals surface area contributed by atoms with E-state index in [0.717, 1.165) is 13.1 Å². The molecule has 0 radical (unpaired) electrons. The van der Waals surface area contributed by atoms with Crippen LogP contribution in [0.2, 0.25) is 0 Å². The number of hydrogen-bond donors (Lipinski definition) is 1. The van der Waals surface area contributed by atoms with Gasteiger partial charge in [-0.15, -0.1) is 11.3 Å². The summed E-state index contributed by atoms with van der Waals surface area (Å²) in [6, 6.07) is 13.1. The minimum Gasteiger partial charge on any atom is -0.313 e. The molecule has 1 heterocycles. The normalized spacial score (nSPS) is 10.6. The molecule has 0 amide bonds. The van der Waals surface area contributed by atoms with Crippen LogP contribution in [0.25, 0.3) is 0 Å². The monoisotopic (exact) mass is 263 g/mol. The lowest BCUT2D eigenvalue weighted by molar-refractivity contribution is 0.675. The third-order valence-corrected chi connectivity index (χ3v) is 4.44. The molecule has 0 saturated heterocycles. The van der Waals surface area contributed by atoms with Crippen LogP contribution < -0.4 is 5.32 Å². The van der Waals surface area contributed by atoms with Crippen LogP contribution >= 0.6 is 23.1 Å². The van der Waals surface area contributed by atoms with Crippen molar-refractivity contribution in [2.24, 2.45) is 0 Å². The van der Waals surface area contributed by atoms with Crippen LogP contribution in [0.3, 0.4) is 0 Å². The van der Waals surface area contributed by atoms with Crippen LogP contribution in [0.15, 0.2) is 50.9 Å². The van der Waals surface area contributed by atoms with E-state index < -0.39 is 0 Å². The summed E-state index contributed by atoms with van der Waals surface area (Å²) >= 11 is 3.62. The zero-order valence-corrected chi connectivity index (χ0v) is 11.6. The molecule has 1 aromatic heterocycles. The van der Waals surface area contributed by atoms with E-state index >= 15 is 0 Å². The lowest BCUT2D eigenvalue weighted by Gasteiger charge is -2.04. The first-order valence-electron chi connectivity index (χ1n) is 5.89. The number of thiophene rings is 1. The highest BCUT2D eigenvalue weighted by Crippen LogP contribution is 2.31. The van der Waals surface area contributed by atoms with Gasteiger partial charge < -0.3 is 5.32 Å². The Balaban J connectivity index is 1.89. The summed E-state index contributed by atoms with van der Waals surface area (Å²) in [5, 5.41) is 5.53. The fourth-order valence-electron chi connectivity index (χ4n) is 1.52. The van der Waals surface area contributed by atoms with Crippen LogP contribution in [-0.2, 0) is 6.54 Å². The van der Waals surface area contributed by atoms with E-state index in [2.05, 4.69) is 54.0 Å². The lowest BCUT2D eigenvalue weighted by Crippen LogP contribution is -2.13. The maximum atomic E-state index is 3.41. The van der Waals surface area contributed by atoms with Gasteiger partial charge in [0.25, 0.3) is 0 Å². The van der Waals surface area contributed by atoms with Gasteiger partial charge in [0.2, 0.25) is 0 Å². The van der Waals surface area contributed by atoms with Gasteiger partial charge in [-0.3, -0.25) is 0 Å². The maximum Gasteiger partial charge on any atom is 0.0646 e. The van der Waals surface area contributed by atoms with Gasteiger partial charge in [0, 0.05) is 11.4 Å². The SMILES string of the molecule is CCCNCc1ccc(Sc2cccs2)cc1. The highest BCUT2D eigenvalue weighted by molar-refractivity contribution is 8.01. The minimum absolute atomic E-state index is 0.970. The highest BCUT2D eigenvalue weighted by atomic mass is 32.2. The van der Waals surface area contributed by atoms with E-state index in [-0.39, 0.29) is 0 Å². The topological polar surface area (TPSA) is 12.0 Å². The second kappa shape index (κ2) is 6.84. The molecule has 90 valence electrons. The zero-order valence-electron chi connectivity index (χ0n) is 9.98. The summed E-state index contributed by atoms with van der Waals surface area (Å²) in [4.78, 5) is 1.31. The molecule has 0 unspecified atom stereocenters. The van der Waals surface area contributed by atoms with Gasteiger partial charge in [-0.05, 0) is 42.1 Å². The average molecular weight is 263 g/mol. The van der Waals surface area contributed by atoms with Gasteiger partial charge in [0.05, 0.1) is 4.21 Å². The molecule has 0 saturated carbocycles. The van der Waals surface area contributed by atoms with Gasteiger partial charge >= 0.3 is 0 Å². The molecule has 1 N–H and O–H groups in total. The largest absolute Gasteiger partial charge is 0.313 e. The Kier molecular flexibility index (Phi) is 5.10. The standard InChI is InChI=1S/C14H17NS2/c1-2-9-15-11-12-5-7-13(8-6-12)17-14-4-3-10-16-14/h3-8,10,15H,2,9,11H2,1H3. The predicted octanol–water partition coefficient (Wildman–Crippen LogP) is 4.40. The van der Waals surface area contributed by atoms with Crippen molar-refractivity contribution in [3.8, 4) is 0 Å². The molecule has 0 atom stereocenters. The Hall–Kier alpha value is -0.770. The number of hydrogen-bond acceptors (Lipinski definition) is 3. The fourth-order valence-corrected chi connectivity index (χ4v) is 3.27. The molecule has 0 aliphatic heterocycles. The van der Waals surface area contributed by atoms with Crippen LogP contribution in [-0.4, -0.2) is 6.54 Å². The Morgan fingerprint density at radius 1 is 1.18 bits per heavy atom. The molecule has 0 bridgehead atoms. The molecule has 1 aromatic carbocycles. The van der Waals surface area contributed by atoms with Crippen molar-refractivity contribution in [2.75, 3.05) is 6.54 Å². The van der Waals surface area contributed by atoms with E-state index in [9.17, 15) is 0 Å². The Labute approximate surface area is 111 Å². The second-order valence-electron chi connectivity index (χ2n) is 3.85. The van der Waals surface area contributed by atoms with E-state index in [1.54, 1.807) is 11.3 Å². The summed E-state index contributed by atoms with van der Waals surface area (Å²) in [7, 11) is 0. The van der Waals surface area contributed by atoms with Crippen molar-refractivity contribution in [2.45, 2.75) is 29.0 Å². The van der Waals surface area contributed by atoms with E-state index in [4.69, 9.17) is 0 Å². The van der Waals surface area contributed by atoms with Gasteiger partial charge in [0.1, 0.15) is 0 Å². The fraction of sp³-hybridized carbons (Fsp3) is 0.286. The lowest BCUT2D eigenvalue weighted by atomic mass is 10.2. The number of rotatable bonds is 6. The van der Waals surface area contributed by atoms with Gasteiger partial charge in [-0.25, -0.2) is 0 Å². The molecule has 0 spiro atoms. The molecule has 17 heavy (non-hydrogen) atoms. The second-order valence-corrected chi connectivity index (χ2v) is 6.18. The Morgan fingerprint density at radius 3 is 2.65 bits per heavy atom. The smallest absolute Gasteiger partial charge is 0.0646 e. The first kappa shape index (κ1) is 12.7. The van der Waals surface area contributed by atoms with Crippen molar-refractivity contribution in [3.63, 3.8) is 0 Å². The molecule has 1 nitrogen and oxygen atoms in total. The van der Waals surface area contributed by atoms with Crippen LogP contribution in [0.5, 0.6) is 0 Å².